The Labute approximate surface area is 98.1 Å². The van der Waals surface area contributed by atoms with E-state index in [1.807, 2.05) is 6.92 Å². The molecule has 0 aliphatic carbocycles. The van der Waals surface area contributed by atoms with Crippen LogP contribution >= 0.6 is 24.0 Å². The molecule has 0 bridgehead atoms. The van der Waals surface area contributed by atoms with E-state index < -0.39 is 0 Å². The quantitative estimate of drug-likeness (QED) is 0.412. The van der Waals surface area contributed by atoms with Gasteiger partial charge in [0.15, 0.2) is 5.11 Å². The van der Waals surface area contributed by atoms with Gasteiger partial charge in [-0.05, 0) is 18.0 Å². The molecule has 7 heteroatoms. The minimum atomic E-state index is 0.499. The van der Waals surface area contributed by atoms with Gasteiger partial charge in [0.05, 0.1) is 0 Å². The monoisotopic (exact) mass is 243 g/mol. The summed E-state index contributed by atoms with van der Waals surface area (Å²) in [6.07, 6.45) is 1.73. The van der Waals surface area contributed by atoms with Crippen molar-refractivity contribution in [2.24, 2.45) is 0 Å². The number of aromatic amines is 1. The maximum absolute atomic E-state index is 5.01. The van der Waals surface area contributed by atoms with Crippen molar-refractivity contribution in [2.45, 2.75) is 12.1 Å². The van der Waals surface area contributed by atoms with Gasteiger partial charge in [-0.3, -0.25) is 0 Å². The van der Waals surface area contributed by atoms with Crippen LogP contribution in [0.2, 0.25) is 0 Å². The SMILES string of the molecule is C=CCNC(=S)Nc1nc(SCC)n[nH]1. The van der Waals surface area contributed by atoms with Gasteiger partial charge in [0, 0.05) is 6.54 Å². The van der Waals surface area contributed by atoms with Crippen LogP contribution in [0.4, 0.5) is 5.95 Å². The van der Waals surface area contributed by atoms with Crippen molar-refractivity contribution >= 4 is 35.0 Å². The predicted octanol–water partition coefficient (Wildman–Crippen LogP) is 1.39. The summed E-state index contributed by atoms with van der Waals surface area (Å²) in [5.74, 6) is 1.49. The van der Waals surface area contributed by atoms with Crippen molar-refractivity contribution in [3.8, 4) is 0 Å². The van der Waals surface area contributed by atoms with Crippen LogP contribution in [-0.2, 0) is 0 Å². The molecular formula is C8H13N5S2. The lowest BCUT2D eigenvalue weighted by atomic mass is 10.6. The Morgan fingerprint density at radius 2 is 2.53 bits per heavy atom. The predicted molar refractivity (Wildman–Crippen MR) is 67.2 cm³/mol. The molecular weight excluding hydrogens is 230 g/mol. The first-order valence-corrected chi connectivity index (χ1v) is 5.86. The van der Waals surface area contributed by atoms with Gasteiger partial charge in [-0.15, -0.1) is 11.7 Å². The summed E-state index contributed by atoms with van der Waals surface area (Å²) in [4.78, 5) is 4.18. The lowest BCUT2D eigenvalue weighted by Gasteiger charge is -2.04. The molecule has 1 rings (SSSR count). The van der Waals surface area contributed by atoms with Crippen LogP contribution in [0.5, 0.6) is 0 Å². The van der Waals surface area contributed by atoms with Crippen molar-refractivity contribution in [3.05, 3.63) is 12.7 Å². The minimum absolute atomic E-state index is 0.499. The van der Waals surface area contributed by atoms with Gasteiger partial charge in [0.1, 0.15) is 0 Å². The molecule has 0 amide bonds. The van der Waals surface area contributed by atoms with E-state index in [1.165, 1.54) is 0 Å². The molecule has 3 N–H and O–H groups in total. The number of aromatic nitrogens is 3. The zero-order valence-electron chi connectivity index (χ0n) is 8.41. The number of hydrogen-bond donors (Lipinski definition) is 3. The highest BCUT2D eigenvalue weighted by molar-refractivity contribution is 7.99. The molecule has 82 valence electrons. The van der Waals surface area contributed by atoms with Crippen LogP contribution in [0.15, 0.2) is 17.8 Å². The lowest BCUT2D eigenvalue weighted by Crippen LogP contribution is -2.28. The van der Waals surface area contributed by atoms with E-state index in [2.05, 4.69) is 32.4 Å². The van der Waals surface area contributed by atoms with Gasteiger partial charge >= 0.3 is 0 Å². The molecule has 0 unspecified atom stereocenters. The molecule has 0 saturated heterocycles. The molecule has 0 fully saturated rings. The van der Waals surface area contributed by atoms with Crippen molar-refractivity contribution in [2.75, 3.05) is 17.6 Å². The van der Waals surface area contributed by atoms with E-state index >= 15 is 0 Å². The molecule has 1 aromatic heterocycles. The Kier molecular flexibility index (Phi) is 5.13. The van der Waals surface area contributed by atoms with Crippen LogP contribution < -0.4 is 10.6 Å². The van der Waals surface area contributed by atoms with E-state index in [0.717, 1.165) is 5.75 Å². The zero-order chi connectivity index (χ0) is 11.1. The number of H-pyrrole nitrogens is 1. The molecule has 0 aromatic carbocycles. The maximum atomic E-state index is 5.01. The molecule has 0 aliphatic heterocycles. The summed E-state index contributed by atoms with van der Waals surface area (Å²) in [7, 11) is 0. The second kappa shape index (κ2) is 6.41. The highest BCUT2D eigenvalue weighted by Crippen LogP contribution is 2.12. The van der Waals surface area contributed by atoms with Gasteiger partial charge in [-0.25, -0.2) is 5.10 Å². The fourth-order valence-electron chi connectivity index (χ4n) is 0.813. The highest BCUT2D eigenvalue weighted by Gasteiger charge is 2.03. The minimum Gasteiger partial charge on any atom is -0.359 e. The topological polar surface area (TPSA) is 65.6 Å². The lowest BCUT2D eigenvalue weighted by molar-refractivity contribution is 0.974. The number of thioether (sulfide) groups is 1. The number of hydrogen-bond acceptors (Lipinski definition) is 4. The van der Waals surface area contributed by atoms with Crippen LogP contribution in [-0.4, -0.2) is 32.6 Å². The van der Waals surface area contributed by atoms with Crippen LogP contribution in [0.25, 0.3) is 0 Å². The van der Waals surface area contributed by atoms with Gasteiger partial charge < -0.3 is 10.6 Å². The van der Waals surface area contributed by atoms with Gasteiger partial charge in [0.2, 0.25) is 11.1 Å². The van der Waals surface area contributed by atoms with Crippen molar-refractivity contribution in [3.63, 3.8) is 0 Å². The first kappa shape index (κ1) is 12.0. The van der Waals surface area contributed by atoms with Crippen LogP contribution in [0, 0.1) is 0 Å². The second-order valence-electron chi connectivity index (χ2n) is 2.52. The highest BCUT2D eigenvalue weighted by atomic mass is 32.2. The Bertz CT molecular complexity index is 336. The molecule has 15 heavy (non-hydrogen) atoms. The smallest absolute Gasteiger partial charge is 0.225 e. The largest absolute Gasteiger partial charge is 0.359 e. The average Bonchev–Trinajstić information content (AvgIpc) is 2.63. The number of thiocarbonyl (C=S) groups is 1. The number of nitrogens with one attached hydrogen (secondary N) is 3. The van der Waals surface area contributed by atoms with Crippen LogP contribution in [0.1, 0.15) is 6.92 Å². The summed E-state index contributed by atoms with van der Waals surface area (Å²) < 4.78 is 0. The maximum Gasteiger partial charge on any atom is 0.225 e. The van der Waals surface area contributed by atoms with Crippen molar-refractivity contribution < 1.29 is 0 Å². The average molecular weight is 243 g/mol. The van der Waals surface area contributed by atoms with Crippen LogP contribution in [0.3, 0.4) is 0 Å². The summed E-state index contributed by atoms with van der Waals surface area (Å²) >= 11 is 6.58. The van der Waals surface area contributed by atoms with E-state index in [1.54, 1.807) is 17.8 Å². The summed E-state index contributed by atoms with van der Waals surface area (Å²) in [6.45, 7) is 6.25. The molecule has 1 heterocycles. The first-order valence-electron chi connectivity index (χ1n) is 4.47. The fraction of sp³-hybridized carbons (Fsp3) is 0.375. The number of anilines is 1. The van der Waals surface area contributed by atoms with Crippen molar-refractivity contribution in [1.82, 2.24) is 20.5 Å². The molecule has 0 radical (unpaired) electrons. The molecule has 1 aromatic rings. The Morgan fingerprint density at radius 3 is 3.20 bits per heavy atom. The molecule has 0 spiro atoms. The Hall–Kier alpha value is -1.08. The van der Waals surface area contributed by atoms with Gasteiger partial charge in [-0.2, -0.15) is 4.98 Å². The summed E-state index contributed by atoms with van der Waals surface area (Å²) in [5, 5.41) is 13.8. The fourth-order valence-corrected chi connectivity index (χ4v) is 1.52. The zero-order valence-corrected chi connectivity index (χ0v) is 10.0. The Morgan fingerprint density at radius 1 is 1.73 bits per heavy atom. The normalized spacial score (nSPS) is 9.67. The molecule has 0 atom stereocenters. The first-order chi connectivity index (χ1) is 7.26. The van der Waals surface area contributed by atoms with Gasteiger partial charge in [-0.1, -0.05) is 24.8 Å². The second-order valence-corrected chi connectivity index (χ2v) is 4.16. The standard InChI is InChI=1S/C8H13N5S2/c1-3-5-9-7(14)10-6-11-8(13-12-6)15-4-2/h3H,1,4-5H2,2H3,(H3,9,10,11,12,13,14). The third-order valence-corrected chi connectivity index (χ3v) is 2.35. The van der Waals surface area contributed by atoms with E-state index in [4.69, 9.17) is 12.2 Å². The summed E-state index contributed by atoms with van der Waals surface area (Å²) in [6, 6.07) is 0. The molecule has 0 aliphatic rings. The molecule has 0 saturated carbocycles. The molecule has 5 nitrogen and oxygen atoms in total. The van der Waals surface area contributed by atoms with E-state index in [9.17, 15) is 0 Å². The van der Waals surface area contributed by atoms with E-state index in [-0.39, 0.29) is 0 Å². The summed E-state index contributed by atoms with van der Waals surface area (Å²) in [5.41, 5.74) is 0. The third kappa shape index (κ3) is 4.30. The van der Waals surface area contributed by atoms with Gasteiger partial charge in [0.25, 0.3) is 0 Å². The third-order valence-electron chi connectivity index (χ3n) is 1.38. The Balaban J connectivity index is 2.42. The number of rotatable bonds is 5. The van der Waals surface area contributed by atoms with E-state index in [0.29, 0.717) is 22.8 Å². The number of nitrogens with zero attached hydrogens (tertiary/aromatic N) is 2. The van der Waals surface area contributed by atoms with Crippen molar-refractivity contribution in [1.29, 1.82) is 0 Å².